The van der Waals surface area contributed by atoms with Crippen molar-refractivity contribution >= 4 is 45.3 Å². The van der Waals surface area contributed by atoms with Gasteiger partial charge in [-0.2, -0.15) is 0 Å². The summed E-state index contributed by atoms with van der Waals surface area (Å²) in [6.45, 7) is 2.54. The number of carboxylic acids is 1. The molecule has 2 aliphatic heterocycles. The highest BCUT2D eigenvalue weighted by atomic mass is 79.9. The minimum atomic E-state index is -1.04. The number of hydrogen-bond donors (Lipinski definition) is 2. The van der Waals surface area contributed by atoms with Gasteiger partial charge in [0.25, 0.3) is 0 Å². The highest BCUT2D eigenvalue weighted by Gasteiger charge is 2.37. The van der Waals surface area contributed by atoms with Crippen LogP contribution in [0.3, 0.4) is 0 Å². The maximum atomic E-state index is 13.9. The average Bonchev–Trinajstić information content (AvgIpc) is 2.84. The van der Waals surface area contributed by atoms with Crippen LogP contribution in [0, 0.1) is 5.82 Å². The lowest BCUT2D eigenvalue weighted by atomic mass is 9.94. The topological polar surface area (TPSA) is 113 Å². The smallest absolute Gasteiger partial charge is 0.338 e. The average molecular weight is 582 g/mol. The number of nitrogens with one attached hydrogen (secondary N) is 1. The molecule has 0 aliphatic carbocycles. The number of nitrogens with zero attached hydrogens (tertiary/aromatic N) is 3. The molecule has 2 atom stereocenters. The lowest BCUT2D eigenvalue weighted by Gasteiger charge is -2.36. The maximum Gasteiger partial charge on any atom is 0.338 e. The molecule has 0 bridgehead atoms. The zero-order valence-corrected chi connectivity index (χ0v) is 21.6. The lowest BCUT2D eigenvalue weighted by molar-refractivity contribution is -0.149. The van der Waals surface area contributed by atoms with E-state index in [9.17, 15) is 19.1 Å². The number of amidine groups is 1. The second-order valence-electron chi connectivity index (χ2n) is 8.02. The molecule has 2 aromatic rings. The maximum absolute atomic E-state index is 13.9. The van der Waals surface area contributed by atoms with Crippen LogP contribution in [0.1, 0.15) is 24.2 Å². The summed E-state index contributed by atoms with van der Waals surface area (Å²) in [7, 11) is 0. The van der Waals surface area contributed by atoms with E-state index in [0.29, 0.717) is 39.6 Å². The van der Waals surface area contributed by atoms with Crippen molar-refractivity contribution in [1.82, 2.24) is 15.2 Å². The Bertz CT molecular complexity index is 1240. The summed E-state index contributed by atoms with van der Waals surface area (Å²) in [5, 5.41) is 13.2. The molecule has 2 unspecified atom stereocenters. The van der Waals surface area contributed by atoms with E-state index in [4.69, 9.17) is 26.1 Å². The normalized spacial score (nSPS) is 20.5. The number of aliphatic carboxylic acids is 1. The summed E-state index contributed by atoms with van der Waals surface area (Å²) in [5.74, 6) is -1.85. The van der Waals surface area contributed by atoms with Gasteiger partial charge in [-0.3, -0.25) is 19.7 Å². The molecule has 2 aliphatic rings. The van der Waals surface area contributed by atoms with Gasteiger partial charge in [-0.25, -0.2) is 9.18 Å². The first-order valence-corrected chi connectivity index (χ1v) is 12.3. The Morgan fingerprint density at radius 1 is 1.39 bits per heavy atom. The fourth-order valence-electron chi connectivity index (χ4n) is 4.06. The minimum absolute atomic E-state index is 0.0112. The molecule has 36 heavy (non-hydrogen) atoms. The number of morpholine rings is 1. The molecule has 190 valence electrons. The standard InChI is InChI=1S/C24H23BrClFN4O5/c1-2-36-24(34)19-17(11-31-8-9-35-12-18(31)23(32)33)29-22(21-16(26)4-3-7-28-21)30-20(19)14-6-5-13(27)10-15(14)25/h3-7,10,18,20H,2,8-9,11-12H2,1H3,(H,29,30)(H,32,33). The summed E-state index contributed by atoms with van der Waals surface area (Å²) < 4.78 is 25.0. The Balaban J connectivity index is 1.87. The first-order valence-electron chi connectivity index (χ1n) is 11.2. The Morgan fingerprint density at radius 2 is 2.19 bits per heavy atom. The highest BCUT2D eigenvalue weighted by molar-refractivity contribution is 9.10. The van der Waals surface area contributed by atoms with Crippen molar-refractivity contribution in [1.29, 1.82) is 0 Å². The van der Waals surface area contributed by atoms with Crippen LogP contribution in [-0.2, 0) is 19.1 Å². The van der Waals surface area contributed by atoms with Crippen LogP contribution in [-0.4, -0.2) is 71.7 Å². The van der Waals surface area contributed by atoms with E-state index in [1.54, 1.807) is 30.2 Å². The minimum Gasteiger partial charge on any atom is -0.480 e. The number of aliphatic imine (C=N–C) groups is 1. The summed E-state index contributed by atoms with van der Waals surface area (Å²) >= 11 is 9.79. The van der Waals surface area contributed by atoms with Gasteiger partial charge in [0.2, 0.25) is 0 Å². The quantitative estimate of drug-likeness (QED) is 0.479. The van der Waals surface area contributed by atoms with Crippen LogP contribution in [0.25, 0.3) is 0 Å². The van der Waals surface area contributed by atoms with Crippen LogP contribution in [0.2, 0.25) is 5.02 Å². The van der Waals surface area contributed by atoms with Gasteiger partial charge in [-0.05, 0) is 36.8 Å². The van der Waals surface area contributed by atoms with E-state index in [1.165, 1.54) is 18.2 Å². The number of benzene rings is 1. The van der Waals surface area contributed by atoms with Crippen molar-refractivity contribution in [2.45, 2.75) is 19.0 Å². The first-order chi connectivity index (χ1) is 17.3. The monoisotopic (exact) mass is 580 g/mol. The fourth-order valence-corrected chi connectivity index (χ4v) is 4.83. The zero-order chi connectivity index (χ0) is 25.8. The molecular formula is C24H23BrClFN4O5. The Labute approximate surface area is 220 Å². The van der Waals surface area contributed by atoms with E-state index in [0.717, 1.165) is 0 Å². The summed E-state index contributed by atoms with van der Waals surface area (Å²) in [6.07, 6.45) is 1.56. The van der Waals surface area contributed by atoms with E-state index >= 15 is 0 Å². The molecule has 0 radical (unpaired) electrons. The van der Waals surface area contributed by atoms with E-state index in [-0.39, 0.29) is 31.2 Å². The molecule has 4 rings (SSSR count). The molecule has 0 saturated carbocycles. The van der Waals surface area contributed by atoms with Gasteiger partial charge < -0.3 is 19.9 Å². The predicted octanol–water partition coefficient (Wildman–Crippen LogP) is 3.33. The van der Waals surface area contributed by atoms with E-state index in [2.05, 4.69) is 26.2 Å². The highest BCUT2D eigenvalue weighted by Crippen LogP contribution is 2.37. The molecule has 1 saturated heterocycles. The number of ether oxygens (including phenoxy) is 2. The molecule has 12 heteroatoms. The summed E-state index contributed by atoms with van der Waals surface area (Å²) in [4.78, 5) is 35.9. The molecule has 1 aromatic heterocycles. The second kappa shape index (κ2) is 11.5. The van der Waals surface area contributed by atoms with Gasteiger partial charge >= 0.3 is 11.9 Å². The third kappa shape index (κ3) is 5.59. The van der Waals surface area contributed by atoms with Crippen LogP contribution in [0.5, 0.6) is 0 Å². The van der Waals surface area contributed by atoms with Crippen molar-refractivity contribution in [3.63, 3.8) is 0 Å². The fraction of sp³-hybridized carbons (Fsp3) is 0.333. The number of carbonyl (C=O) groups is 2. The van der Waals surface area contributed by atoms with Crippen molar-refractivity contribution < 1.29 is 28.6 Å². The van der Waals surface area contributed by atoms with Gasteiger partial charge in [-0.1, -0.05) is 33.6 Å². The number of carboxylic acid groups (broad SMARTS) is 1. The number of carbonyl (C=O) groups excluding carboxylic acids is 1. The summed E-state index contributed by atoms with van der Waals surface area (Å²) in [6, 6.07) is 5.60. The van der Waals surface area contributed by atoms with Crippen molar-refractivity contribution in [3.8, 4) is 0 Å². The molecule has 1 fully saturated rings. The van der Waals surface area contributed by atoms with Gasteiger partial charge in [0.05, 0.1) is 30.4 Å². The third-order valence-corrected chi connectivity index (χ3v) is 6.74. The first kappa shape index (κ1) is 26.2. The Morgan fingerprint density at radius 3 is 2.89 bits per heavy atom. The van der Waals surface area contributed by atoms with Crippen molar-refractivity contribution in [2.75, 3.05) is 32.9 Å². The molecule has 0 spiro atoms. The van der Waals surface area contributed by atoms with Crippen molar-refractivity contribution in [3.05, 3.63) is 74.4 Å². The molecular weight excluding hydrogens is 559 g/mol. The Kier molecular flexibility index (Phi) is 8.35. The predicted molar refractivity (Wildman–Crippen MR) is 133 cm³/mol. The summed E-state index contributed by atoms with van der Waals surface area (Å²) in [5.41, 5.74) is 1.42. The van der Waals surface area contributed by atoms with Gasteiger partial charge in [0, 0.05) is 29.5 Å². The number of aromatic nitrogens is 1. The van der Waals surface area contributed by atoms with E-state index in [1.807, 2.05) is 0 Å². The van der Waals surface area contributed by atoms with Crippen molar-refractivity contribution in [2.24, 2.45) is 4.99 Å². The number of hydrogen-bond acceptors (Lipinski definition) is 8. The van der Waals surface area contributed by atoms with Crippen LogP contribution < -0.4 is 5.32 Å². The lowest BCUT2D eigenvalue weighted by Crippen LogP contribution is -2.52. The zero-order valence-electron chi connectivity index (χ0n) is 19.2. The molecule has 3 heterocycles. The largest absolute Gasteiger partial charge is 0.480 e. The number of rotatable bonds is 7. The van der Waals surface area contributed by atoms with Crippen LogP contribution in [0.4, 0.5) is 4.39 Å². The molecule has 1 aromatic carbocycles. The van der Waals surface area contributed by atoms with Crippen LogP contribution in [0.15, 0.2) is 57.3 Å². The number of esters is 1. The number of pyridine rings is 1. The van der Waals surface area contributed by atoms with E-state index < -0.39 is 29.8 Å². The van der Waals surface area contributed by atoms with Gasteiger partial charge in [0.1, 0.15) is 23.6 Å². The van der Waals surface area contributed by atoms with Gasteiger partial charge in [0.15, 0.2) is 5.84 Å². The third-order valence-electron chi connectivity index (χ3n) is 5.75. The molecule has 9 nitrogen and oxygen atoms in total. The van der Waals surface area contributed by atoms with Crippen LogP contribution >= 0.6 is 27.5 Å². The van der Waals surface area contributed by atoms with Gasteiger partial charge in [-0.15, -0.1) is 0 Å². The Hall–Kier alpha value is -2.86. The molecule has 0 amide bonds. The SMILES string of the molecule is CCOC(=O)C1=C(CN2CCOCC2C(=O)O)NC(c2ncccc2Cl)=NC1c1ccc(F)cc1Br. The number of halogens is 3. The second-order valence-corrected chi connectivity index (χ2v) is 9.28. The molecule has 2 N–H and O–H groups in total.